The third-order valence-corrected chi connectivity index (χ3v) is 5.17. The van der Waals surface area contributed by atoms with E-state index >= 15 is 0 Å². The fourth-order valence-electron chi connectivity index (χ4n) is 3.43. The minimum Gasteiger partial charge on any atom is -0.0651 e. The van der Waals surface area contributed by atoms with Gasteiger partial charge < -0.3 is 0 Å². The van der Waals surface area contributed by atoms with Gasteiger partial charge in [-0.05, 0) is 29.1 Å². The minimum absolute atomic E-state index is 0.657. The Labute approximate surface area is 84.1 Å². The molecule has 1 fully saturated rings. The van der Waals surface area contributed by atoms with Crippen LogP contribution in [0.3, 0.4) is 0 Å². The summed E-state index contributed by atoms with van der Waals surface area (Å²) >= 11 is 0. The van der Waals surface area contributed by atoms with Crippen LogP contribution in [-0.2, 0) is 0 Å². The first kappa shape index (κ1) is 11.1. The summed E-state index contributed by atoms with van der Waals surface area (Å²) in [5.74, 6) is 3.75. The fraction of sp³-hybridized carbons (Fsp3) is 1.00. The van der Waals surface area contributed by atoms with E-state index in [1.165, 1.54) is 12.8 Å². The van der Waals surface area contributed by atoms with Gasteiger partial charge in [-0.25, -0.2) is 0 Å². The zero-order valence-corrected chi connectivity index (χ0v) is 10.2. The molecule has 0 aliphatic heterocycles. The number of hydrogen-bond acceptors (Lipinski definition) is 0. The van der Waals surface area contributed by atoms with Crippen LogP contribution in [0, 0.1) is 29.1 Å². The summed E-state index contributed by atoms with van der Waals surface area (Å²) in [6.07, 6.45) is 2.70. The Hall–Kier alpha value is 0. The summed E-state index contributed by atoms with van der Waals surface area (Å²) in [4.78, 5) is 0. The van der Waals surface area contributed by atoms with E-state index in [4.69, 9.17) is 0 Å². The zero-order valence-electron chi connectivity index (χ0n) is 10.2. The lowest BCUT2D eigenvalue weighted by atomic mass is 9.76. The minimum atomic E-state index is 0.657. The van der Waals surface area contributed by atoms with Crippen LogP contribution in [0.15, 0.2) is 0 Å². The van der Waals surface area contributed by atoms with Crippen molar-refractivity contribution in [3.63, 3.8) is 0 Å². The second kappa shape index (κ2) is 3.63. The molecule has 0 bridgehead atoms. The van der Waals surface area contributed by atoms with Crippen molar-refractivity contribution in [1.29, 1.82) is 0 Å². The SMILES string of the molecule is CCC(C)C(CC)C1(C)C(C)C1C. The summed E-state index contributed by atoms with van der Waals surface area (Å²) in [6, 6.07) is 0. The van der Waals surface area contributed by atoms with Gasteiger partial charge in [-0.15, -0.1) is 0 Å². The molecule has 0 aromatic rings. The largest absolute Gasteiger partial charge is 0.0651 e. The Kier molecular flexibility index (Phi) is 3.09. The van der Waals surface area contributed by atoms with Crippen LogP contribution in [0.1, 0.15) is 54.4 Å². The highest BCUT2D eigenvalue weighted by Gasteiger charge is 2.59. The maximum absolute atomic E-state index is 2.50. The van der Waals surface area contributed by atoms with Crippen LogP contribution in [0.5, 0.6) is 0 Å². The maximum atomic E-state index is 2.50. The van der Waals surface area contributed by atoms with Crippen molar-refractivity contribution in [2.45, 2.75) is 54.4 Å². The molecule has 0 heteroatoms. The van der Waals surface area contributed by atoms with Crippen LogP contribution in [-0.4, -0.2) is 0 Å². The number of hydrogen-bond donors (Lipinski definition) is 0. The predicted molar refractivity (Wildman–Crippen MR) is 59.7 cm³/mol. The summed E-state index contributed by atoms with van der Waals surface area (Å²) in [5, 5.41) is 0. The predicted octanol–water partition coefficient (Wildman–Crippen LogP) is 4.35. The van der Waals surface area contributed by atoms with Gasteiger partial charge >= 0.3 is 0 Å². The van der Waals surface area contributed by atoms with E-state index < -0.39 is 0 Å². The van der Waals surface area contributed by atoms with E-state index in [-0.39, 0.29) is 0 Å². The fourth-order valence-corrected chi connectivity index (χ4v) is 3.43. The van der Waals surface area contributed by atoms with Crippen LogP contribution in [0.4, 0.5) is 0 Å². The van der Waals surface area contributed by atoms with Crippen molar-refractivity contribution in [3.05, 3.63) is 0 Å². The first-order valence-corrected chi connectivity index (χ1v) is 6.00. The molecule has 4 unspecified atom stereocenters. The molecular weight excluding hydrogens is 156 g/mol. The number of rotatable bonds is 4. The molecule has 1 saturated carbocycles. The topological polar surface area (TPSA) is 0 Å². The van der Waals surface area contributed by atoms with Crippen molar-refractivity contribution in [2.75, 3.05) is 0 Å². The van der Waals surface area contributed by atoms with Gasteiger partial charge in [-0.3, -0.25) is 0 Å². The van der Waals surface area contributed by atoms with Crippen LogP contribution >= 0.6 is 0 Å². The molecule has 1 rings (SSSR count). The van der Waals surface area contributed by atoms with E-state index in [1.54, 1.807) is 0 Å². The van der Waals surface area contributed by atoms with Crippen LogP contribution < -0.4 is 0 Å². The van der Waals surface area contributed by atoms with Gasteiger partial charge in [0.1, 0.15) is 0 Å². The van der Waals surface area contributed by atoms with Crippen molar-refractivity contribution >= 4 is 0 Å². The van der Waals surface area contributed by atoms with Crippen LogP contribution in [0.2, 0.25) is 0 Å². The molecule has 0 aromatic heterocycles. The normalized spacial score (nSPS) is 42.9. The highest BCUT2D eigenvalue weighted by Crippen LogP contribution is 2.65. The second-order valence-corrected chi connectivity index (χ2v) is 5.34. The van der Waals surface area contributed by atoms with Gasteiger partial charge in [-0.1, -0.05) is 54.4 Å². The Morgan fingerprint density at radius 1 is 1.08 bits per heavy atom. The quantitative estimate of drug-likeness (QED) is 0.606. The zero-order chi connectivity index (χ0) is 10.2. The van der Waals surface area contributed by atoms with Crippen molar-refractivity contribution < 1.29 is 0 Å². The molecule has 0 heterocycles. The van der Waals surface area contributed by atoms with Gasteiger partial charge in [0.25, 0.3) is 0 Å². The van der Waals surface area contributed by atoms with Gasteiger partial charge in [-0.2, -0.15) is 0 Å². The Morgan fingerprint density at radius 2 is 1.54 bits per heavy atom. The smallest absolute Gasteiger partial charge is 0.0238 e. The molecule has 0 aromatic carbocycles. The van der Waals surface area contributed by atoms with E-state index in [1.807, 2.05) is 0 Å². The Morgan fingerprint density at radius 3 is 1.77 bits per heavy atom. The molecule has 13 heavy (non-hydrogen) atoms. The van der Waals surface area contributed by atoms with Crippen molar-refractivity contribution in [3.8, 4) is 0 Å². The van der Waals surface area contributed by atoms with Gasteiger partial charge in [0.2, 0.25) is 0 Å². The second-order valence-electron chi connectivity index (χ2n) is 5.34. The molecule has 1 aliphatic rings. The molecule has 0 spiro atoms. The molecule has 0 N–H and O–H groups in total. The van der Waals surface area contributed by atoms with Crippen molar-refractivity contribution in [2.24, 2.45) is 29.1 Å². The molecule has 1 aliphatic carbocycles. The van der Waals surface area contributed by atoms with E-state index in [0.29, 0.717) is 5.41 Å². The Bertz CT molecular complexity index is 163. The molecular formula is C13H26. The monoisotopic (exact) mass is 182 g/mol. The lowest BCUT2D eigenvalue weighted by Crippen LogP contribution is -2.22. The summed E-state index contributed by atoms with van der Waals surface area (Å²) in [6.45, 7) is 14.5. The first-order chi connectivity index (χ1) is 6.00. The van der Waals surface area contributed by atoms with Gasteiger partial charge in [0, 0.05) is 0 Å². The Balaban J connectivity index is 2.68. The van der Waals surface area contributed by atoms with E-state index in [0.717, 1.165) is 23.7 Å². The first-order valence-electron chi connectivity index (χ1n) is 6.00. The maximum Gasteiger partial charge on any atom is -0.0238 e. The molecule has 0 saturated heterocycles. The lowest BCUT2D eigenvalue weighted by molar-refractivity contribution is 0.197. The van der Waals surface area contributed by atoms with E-state index in [9.17, 15) is 0 Å². The third-order valence-electron chi connectivity index (χ3n) is 5.17. The summed E-state index contributed by atoms with van der Waals surface area (Å²) < 4.78 is 0. The lowest BCUT2D eigenvalue weighted by Gasteiger charge is -2.29. The highest BCUT2D eigenvalue weighted by atomic mass is 14.6. The summed E-state index contributed by atoms with van der Waals surface area (Å²) in [7, 11) is 0. The molecule has 0 nitrogen and oxygen atoms in total. The van der Waals surface area contributed by atoms with Crippen LogP contribution in [0.25, 0.3) is 0 Å². The standard InChI is InChI=1S/C13H26/c1-7-9(3)12(8-2)13(6)10(4)11(13)5/h9-12H,7-8H2,1-6H3. The molecule has 0 amide bonds. The van der Waals surface area contributed by atoms with Gasteiger partial charge in [0.15, 0.2) is 0 Å². The molecule has 4 atom stereocenters. The average molecular weight is 182 g/mol. The molecule has 0 radical (unpaired) electrons. The van der Waals surface area contributed by atoms with Crippen molar-refractivity contribution in [1.82, 2.24) is 0 Å². The average Bonchev–Trinajstić information content (AvgIpc) is 2.58. The highest BCUT2D eigenvalue weighted by molar-refractivity contribution is 5.07. The molecule has 78 valence electrons. The van der Waals surface area contributed by atoms with E-state index in [2.05, 4.69) is 41.5 Å². The summed E-state index contributed by atoms with van der Waals surface area (Å²) in [5.41, 5.74) is 0.657. The third kappa shape index (κ3) is 1.53. The van der Waals surface area contributed by atoms with Gasteiger partial charge in [0.05, 0.1) is 0 Å².